The fourth-order valence-electron chi connectivity index (χ4n) is 1.89. The Hall–Kier alpha value is -1.18. The molecule has 1 fully saturated rings. The van der Waals surface area contributed by atoms with E-state index in [0.29, 0.717) is 32.0 Å². The summed E-state index contributed by atoms with van der Waals surface area (Å²) in [6, 6.07) is 3.03. The first-order valence-corrected chi connectivity index (χ1v) is 7.91. The maximum Gasteiger partial charge on any atom is 0.244 e. The highest BCUT2D eigenvalue weighted by molar-refractivity contribution is 7.89. The van der Waals surface area contributed by atoms with E-state index in [2.05, 4.69) is 15.0 Å². The molecule has 1 atom stereocenters. The van der Waals surface area contributed by atoms with Gasteiger partial charge in [0.15, 0.2) is 0 Å². The molecule has 0 aliphatic carbocycles. The van der Waals surface area contributed by atoms with Crippen LogP contribution < -0.4 is 10.0 Å². The Labute approximate surface area is 113 Å². The lowest BCUT2D eigenvalue weighted by Gasteiger charge is -2.14. The molecule has 0 spiro atoms. The fourth-order valence-corrected chi connectivity index (χ4v) is 3.28. The summed E-state index contributed by atoms with van der Waals surface area (Å²) in [5, 5.41) is 3.03. The zero-order chi connectivity index (χ0) is 13.7. The SMILES string of the molecule is CCCNc1ncccc1S(=O)(=O)NC1CCOC1. The molecule has 6 nitrogen and oxygen atoms in total. The standard InChI is InChI=1S/C12H19N3O3S/c1-2-6-13-12-11(4-3-7-14-12)19(16,17)15-10-5-8-18-9-10/h3-4,7,10,15H,2,5-6,8-9H2,1H3,(H,13,14). The van der Waals surface area contributed by atoms with Crippen molar-refractivity contribution in [2.45, 2.75) is 30.7 Å². The normalized spacial score (nSPS) is 19.5. The van der Waals surface area contributed by atoms with Gasteiger partial charge in [-0.3, -0.25) is 0 Å². The van der Waals surface area contributed by atoms with Gasteiger partial charge in [0, 0.05) is 25.4 Å². The maximum absolute atomic E-state index is 12.3. The van der Waals surface area contributed by atoms with Gasteiger partial charge in [-0.1, -0.05) is 6.92 Å². The van der Waals surface area contributed by atoms with Crippen LogP contribution >= 0.6 is 0 Å². The van der Waals surface area contributed by atoms with Crippen LogP contribution in [-0.4, -0.2) is 39.2 Å². The lowest BCUT2D eigenvalue weighted by atomic mass is 10.3. The second-order valence-corrected chi connectivity index (χ2v) is 6.14. The molecule has 0 amide bonds. The second kappa shape index (κ2) is 6.31. The first kappa shape index (κ1) is 14.2. The molecule has 0 radical (unpaired) electrons. The van der Waals surface area contributed by atoms with Crippen molar-refractivity contribution in [3.8, 4) is 0 Å². The number of rotatable bonds is 6. The third-order valence-electron chi connectivity index (χ3n) is 2.85. The Morgan fingerprint density at radius 2 is 2.37 bits per heavy atom. The summed E-state index contributed by atoms with van der Waals surface area (Å²) in [5.41, 5.74) is 0. The van der Waals surface area contributed by atoms with Gasteiger partial charge in [0.2, 0.25) is 10.0 Å². The molecule has 106 valence electrons. The predicted molar refractivity (Wildman–Crippen MR) is 72.6 cm³/mol. The van der Waals surface area contributed by atoms with E-state index in [1.54, 1.807) is 18.3 Å². The second-order valence-electron chi connectivity index (χ2n) is 4.46. The Morgan fingerprint density at radius 3 is 3.05 bits per heavy atom. The van der Waals surface area contributed by atoms with E-state index in [4.69, 9.17) is 4.74 Å². The van der Waals surface area contributed by atoms with Gasteiger partial charge in [-0.05, 0) is 25.0 Å². The van der Waals surface area contributed by atoms with Crippen LogP contribution in [0.3, 0.4) is 0 Å². The van der Waals surface area contributed by atoms with E-state index < -0.39 is 10.0 Å². The lowest BCUT2D eigenvalue weighted by Crippen LogP contribution is -2.35. The van der Waals surface area contributed by atoms with Crippen LogP contribution in [0.1, 0.15) is 19.8 Å². The van der Waals surface area contributed by atoms with Gasteiger partial charge in [0.05, 0.1) is 6.61 Å². The Bertz CT molecular complexity index is 513. The third kappa shape index (κ3) is 3.65. The van der Waals surface area contributed by atoms with Gasteiger partial charge >= 0.3 is 0 Å². The molecule has 1 aromatic rings. The number of nitrogens with one attached hydrogen (secondary N) is 2. The van der Waals surface area contributed by atoms with Crippen LogP contribution in [0.25, 0.3) is 0 Å². The molecule has 19 heavy (non-hydrogen) atoms. The topological polar surface area (TPSA) is 80.3 Å². The molecule has 0 bridgehead atoms. The summed E-state index contributed by atoms with van der Waals surface area (Å²) in [7, 11) is -3.56. The predicted octanol–water partition coefficient (Wildman–Crippen LogP) is 0.971. The average Bonchev–Trinajstić information content (AvgIpc) is 2.88. The van der Waals surface area contributed by atoms with Crippen LogP contribution in [0.4, 0.5) is 5.82 Å². The number of anilines is 1. The molecule has 2 heterocycles. The fraction of sp³-hybridized carbons (Fsp3) is 0.583. The molecule has 1 aromatic heterocycles. The van der Waals surface area contributed by atoms with E-state index in [-0.39, 0.29) is 10.9 Å². The van der Waals surface area contributed by atoms with Crippen LogP contribution in [0.2, 0.25) is 0 Å². The number of pyridine rings is 1. The molecule has 1 saturated heterocycles. The van der Waals surface area contributed by atoms with E-state index >= 15 is 0 Å². The van der Waals surface area contributed by atoms with E-state index in [9.17, 15) is 8.42 Å². The molecule has 2 N–H and O–H groups in total. The molecule has 0 aromatic carbocycles. The van der Waals surface area contributed by atoms with Crippen molar-refractivity contribution in [1.29, 1.82) is 0 Å². The minimum atomic E-state index is -3.56. The number of nitrogens with zero attached hydrogens (tertiary/aromatic N) is 1. The largest absolute Gasteiger partial charge is 0.380 e. The lowest BCUT2D eigenvalue weighted by molar-refractivity contribution is 0.192. The Kier molecular flexibility index (Phi) is 4.73. The third-order valence-corrected chi connectivity index (χ3v) is 4.41. The summed E-state index contributed by atoms with van der Waals surface area (Å²) < 4.78 is 32.5. The highest BCUT2D eigenvalue weighted by atomic mass is 32.2. The smallest absolute Gasteiger partial charge is 0.244 e. The van der Waals surface area contributed by atoms with Crippen molar-refractivity contribution in [3.05, 3.63) is 18.3 Å². The molecular formula is C12H19N3O3S. The van der Waals surface area contributed by atoms with E-state index in [0.717, 1.165) is 6.42 Å². The van der Waals surface area contributed by atoms with Crippen LogP contribution in [0.5, 0.6) is 0 Å². The van der Waals surface area contributed by atoms with Crippen molar-refractivity contribution in [2.24, 2.45) is 0 Å². The minimum Gasteiger partial charge on any atom is -0.380 e. The molecule has 7 heteroatoms. The number of hydrogen-bond donors (Lipinski definition) is 2. The highest BCUT2D eigenvalue weighted by Gasteiger charge is 2.25. The van der Waals surface area contributed by atoms with Gasteiger partial charge in [0.25, 0.3) is 0 Å². The van der Waals surface area contributed by atoms with Crippen LogP contribution in [0.15, 0.2) is 23.2 Å². The van der Waals surface area contributed by atoms with Gasteiger partial charge in [0.1, 0.15) is 10.7 Å². The minimum absolute atomic E-state index is 0.149. The molecule has 1 aliphatic heterocycles. The van der Waals surface area contributed by atoms with Crippen molar-refractivity contribution in [2.75, 3.05) is 25.1 Å². The van der Waals surface area contributed by atoms with E-state index in [1.165, 1.54) is 0 Å². The summed E-state index contributed by atoms with van der Waals surface area (Å²) in [6.45, 7) is 3.72. The summed E-state index contributed by atoms with van der Waals surface area (Å²) in [5.74, 6) is 0.399. The van der Waals surface area contributed by atoms with Crippen LogP contribution in [-0.2, 0) is 14.8 Å². The van der Waals surface area contributed by atoms with Crippen molar-refractivity contribution >= 4 is 15.8 Å². The number of aromatic nitrogens is 1. The van der Waals surface area contributed by atoms with Crippen molar-refractivity contribution in [3.63, 3.8) is 0 Å². The van der Waals surface area contributed by atoms with Gasteiger partial charge in [-0.15, -0.1) is 0 Å². The van der Waals surface area contributed by atoms with Gasteiger partial charge in [-0.25, -0.2) is 18.1 Å². The number of sulfonamides is 1. The quantitative estimate of drug-likeness (QED) is 0.814. The molecule has 2 rings (SSSR count). The Morgan fingerprint density at radius 1 is 1.53 bits per heavy atom. The maximum atomic E-state index is 12.3. The molecule has 0 saturated carbocycles. The van der Waals surface area contributed by atoms with Gasteiger partial charge < -0.3 is 10.1 Å². The first-order chi connectivity index (χ1) is 9.13. The monoisotopic (exact) mass is 285 g/mol. The highest BCUT2D eigenvalue weighted by Crippen LogP contribution is 2.19. The number of hydrogen-bond acceptors (Lipinski definition) is 5. The summed E-state index contributed by atoms with van der Waals surface area (Å²) in [6.07, 6.45) is 3.19. The average molecular weight is 285 g/mol. The first-order valence-electron chi connectivity index (χ1n) is 6.42. The summed E-state index contributed by atoms with van der Waals surface area (Å²) in [4.78, 5) is 4.29. The van der Waals surface area contributed by atoms with E-state index in [1.807, 2.05) is 6.92 Å². The summed E-state index contributed by atoms with van der Waals surface area (Å²) >= 11 is 0. The Balaban J connectivity index is 2.18. The molecule has 1 unspecified atom stereocenters. The zero-order valence-corrected chi connectivity index (χ0v) is 11.7. The number of ether oxygens (including phenoxy) is 1. The van der Waals surface area contributed by atoms with Crippen molar-refractivity contribution < 1.29 is 13.2 Å². The van der Waals surface area contributed by atoms with Crippen molar-refractivity contribution in [1.82, 2.24) is 9.71 Å². The van der Waals surface area contributed by atoms with Gasteiger partial charge in [-0.2, -0.15) is 0 Å². The zero-order valence-electron chi connectivity index (χ0n) is 10.9. The molecule has 1 aliphatic rings. The molecular weight excluding hydrogens is 266 g/mol. The van der Waals surface area contributed by atoms with Crippen LogP contribution in [0, 0.1) is 0 Å².